The highest BCUT2D eigenvalue weighted by Gasteiger charge is 2.19. The van der Waals surface area contributed by atoms with Crippen LogP contribution >= 0.6 is 0 Å². The summed E-state index contributed by atoms with van der Waals surface area (Å²) in [4.78, 5) is 0. The summed E-state index contributed by atoms with van der Waals surface area (Å²) < 4.78 is 6.82. The fourth-order valence-electron chi connectivity index (χ4n) is 6.46. The predicted molar refractivity (Wildman–Crippen MR) is 190 cm³/mol. The molecule has 1 aromatic heterocycles. The van der Waals surface area contributed by atoms with Crippen LogP contribution in [0.3, 0.4) is 0 Å². The van der Waals surface area contributed by atoms with Gasteiger partial charge in [-0.2, -0.15) is 10.5 Å². The molecule has 0 aliphatic heterocycles. The van der Waals surface area contributed by atoms with Crippen molar-refractivity contribution in [2.24, 2.45) is 0 Å². The molecule has 0 aliphatic carbocycles. The number of hydrogen-bond acceptors (Lipinski definition) is 3. The van der Waals surface area contributed by atoms with Crippen LogP contribution in [-0.4, -0.2) is 0 Å². The average molecular weight is 599 g/mol. The molecular formula is C44H26N2O. The monoisotopic (exact) mass is 598 g/mol. The molecule has 0 fully saturated rings. The number of fused-ring (bicyclic) bond motifs is 3. The second-order valence-electron chi connectivity index (χ2n) is 11.5. The Morgan fingerprint density at radius 3 is 1.30 bits per heavy atom. The first-order valence-corrected chi connectivity index (χ1v) is 15.5. The molecular weight excluding hydrogens is 572 g/mol. The Bertz CT molecular complexity index is 2440. The number of nitriles is 2. The van der Waals surface area contributed by atoms with E-state index in [1.54, 1.807) is 0 Å². The zero-order valence-corrected chi connectivity index (χ0v) is 25.3. The molecule has 47 heavy (non-hydrogen) atoms. The number of para-hydroxylation sites is 2. The minimum absolute atomic E-state index is 0.648. The van der Waals surface area contributed by atoms with Gasteiger partial charge in [0.15, 0.2) is 0 Å². The highest BCUT2D eigenvalue weighted by molar-refractivity contribution is 6.13. The average Bonchev–Trinajstić information content (AvgIpc) is 3.54. The molecule has 1 heterocycles. The van der Waals surface area contributed by atoms with E-state index in [1.165, 1.54) is 0 Å². The summed E-state index contributed by atoms with van der Waals surface area (Å²) in [5, 5.41) is 21.7. The lowest BCUT2D eigenvalue weighted by atomic mass is 9.88. The number of hydrogen-bond donors (Lipinski definition) is 0. The van der Waals surface area contributed by atoms with Crippen LogP contribution in [0.15, 0.2) is 162 Å². The van der Waals surface area contributed by atoms with Crippen LogP contribution in [0, 0.1) is 22.7 Å². The minimum atomic E-state index is 0.648. The van der Waals surface area contributed by atoms with Crippen molar-refractivity contribution in [3.63, 3.8) is 0 Å². The van der Waals surface area contributed by atoms with Crippen LogP contribution in [0.5, 0.6) is 0 Å². The summed E-state index contributed by atoms with van der Waals surface area (Å²) in [6, 6.07) is 57.8. The zero-order chi connectivity index (χ0) is 31.7. The van der Waals surface area contributed by atoms with Crippen molar-refractivity contribution in [2.45, 2.75) is 0 Å². The standard InChI is InChI=1S/C44H26N2O/c45-27-29-17-19-30(20-18-29)31-21-23-34(24-22-31)36-13-7-15-38-39-16-8-14-37(44(39)47-43(36)38)35-25-40(32-9-3-1-4-10-32)42(28-46)41(26-35)33-11-5-2-6-12-33/h1-26H. The molecule has 0 saturated carbocycles. The van der Waals surface area contributed by atoms with E-state index in [0.29, 0.717) is 11.1 Å². The van der Waals surface area contributed by atoms with Gasteiger partial charge in [0.1, 0.15) is 17.2 Å². The van der Waals surface area contributed by atoms with E-state index in [9.17, 15) is 5.26 Å². The smallest absolute Gasteiger partial charge is 0.143 e. The van der Waals surface area contributed by atoms with Crippen molar-refractivity contribution in [2.75, 3.05) is 0 Å². The first-order valence-electron chi connectivity index (χ1n) is 15.5. The second-order valence-corrected chi connectivity index (χ2v) is 11.5. The van der Waals surface area contributed by atoms with Gasteiger partial charge in [0.25, 0.3) is 0 Å². The van der Waals surface area contributed by atoms with Gasteiger partial charge in [-0.15, -0.1) is 0 Å². The largest absolute Gasteiger partial charge is 0.455 e. The lowest BCUT2D eigenvalue weighted by Gasteiger charge is -2.14. The topological polar surface area (TPSA) is 60.7 Å². The third kappa shape index (κ3) is 4.94. The van der Waals surface area contributed by atoms with Crippen molar-refractivity contribution in [1.82, 2.24) is 0 Å². The fourth-order valence-corrected chi connectivity index (χ4v) is 6.46. The van der Waals surface area contributed by atoms with Crippen LogP contribution < -0.4 is 0 Å². The maximum atomic E-state index is 10.4. The summed E-state index contributed by atoms with van der Waals surface area (Å²) in [6.07, 6.45) is 0. The van der Waals surface area contributed by atoms with Crippen molar-refractivity contribution in [1.29, 1.82) is 10.5 Å². The highest BCUT2D eigenvalue weighted by Crippen LogP contribution is 2.43. The molecule has 0 radical (unpaired) electrons. The molecule has 218 valence electrons. The number of nitrogens with zero attached hydrogens (tertiary/aromatic N) is 2. The molecule has 0 amide bonds. The molecule has 0 unspecified atom stereocenters. The normalized spacial score (nSPS) is 10.9. The number of rotatable bonds is 5. The Labute approximate surface area is 272 Å². The number of benzene rings is 7. The molecule has 0 bridgehead atoms. The van der Waals surface area contributed by atoms with E-state index in [0.717, 1.165) is 77.6 Å². The zero-order valence-electron chi connectivity index (χ0n) is 25.3. The summed E-state index contributed by atoms with van der Waals surface area (Å²) in [6.45, 7) is 0. The van der Waals surface area contributed by atoms with Crippen molar-refractivity contribution >= 4 is 21.9 Å². The second kappa shape index (κ2) is 11.7. The van der Waals surface area contributed by atoms with Crippen LogP contribution in [0.2, 0.25) is 0 Å². The Balaban J connectivity index is 1.29. The van der Waals surface area contributed by atoms with E-state index in [1.807, 2.05) is 60.7 Å². The Hall–Kier alpha value is -6.68. The molecule has 3 heteroatoms. The van der Waals surface area contributed by atoms with Gasteiger partial charge in [0, 0.05) is 33.0 Å². The van der Waals surface area contributed by atoms with Crippen molar-refractivity contribution < 1.29 is 4.42 Å². The summed E-state index contributed by atoms with van der Waals surface area (Å²) >= 11 is 0. The Morgan fingerprint density at radius 1 is 0.362 bits per heavy atom. The molecule has 0 spiro atoms. The quantitative estimate of drug-likeness (QED) is 0.198. The van der Waals surface area contributed by atoms with Gasteiger partial charge < -0.3 is 4.42 Å². The van der Waals surface area contributed by atoms with E-state index in [-0.39, 0.29) is 0 Å². The lowest BCUT2D eigenvalue weighted by Crippen LogP contribution is -1.93. The van der Waals surface area contributed by atoms with Gasteiger partial charge in [-0.3, -0.25) is 0 Å². The molecule has 0 aliphatic rings. The maximum Gasteiger partial charge on any atom is 0.143 e. The Morgan fingerprint density at radius 2 is 0.809 bits per heavy atom. The van der Waals surface area contributed by atoms with Crippen molar-refractivity contribution in [3.05, 3.63) is 169 Å². The van der Waals surface area contributed by atoms with E-state index in [2.05, 4.69) is 109 Å². The third-order valence-corrected chi connectivity index (χ3v) is 8.80. The molecule has 8 aromatic rings. The summed E-state index contributed by atoms with van der Waals surface area (Å²) in [5.74, 6) is 0. The van der Waals surface area contributed by atoms with Gasteiger partial charge in [-0.25, -0.2) is 0 Å². The van der Waals surface area contributed by atoms with Gasteiger partial charge in [0.2, 0.25) is 0 Å². The molecule has 0 saturated heterocycles. The van der Waals surface area contributed by atoms with Gasteiger partial charge >= 0.3 is 0 Å². The van der Waals surface area contributed by atoms with Crippen LogP contribution in [0.25, 0.3) is 77.6 Å². The van der Waals surface area contributed by atoms with Crippen LogP contribution in [0.4, 0.5) is 0 Å². The first kappa shape index (κ1) is 27.8. The van der Waals surface area contributed by atoms with Crippen LogP contribution in [-0.2, 0) is 0 Å². The molecule has 8 rings (SSSR count). The van der Waals surface area contributed by atoms with Crippen molar-refractivity contribution in [3.8, 4) is 67.8 Å². The van der Waals surface area contributed by atoms with E-state index in [4.69, 9.17) is 9.68 Å². The van der Waals surface area contributed by atoms with Crippen LogP contribution in [0.1, 0.15) is 11.1 Å². The van der Waals surface area contributed by atoms with Gasteiger partial charge in [0.05, 0.1) is 17.2 Å². The van der Waals surface area contributed by atoms with Gasteiger partial charge in [-0.1, -0.05) is 133 Å². The summed E-state index contributed by atoms with van der Waals surface area (Å²) in [7, 11) is 0. The van der Waals surface area contributed by atoms with Gasteiger partial charge in [-0.05, 0) is 57.6 Å². The Kier molecular flexibility index (Phi) is 6.92. The fraction of sp³-hybridized carbons (Fsp3) is 0. The highest BCUT2D eigenvalue weighted by atomic mass is 16.3. The molecule has 7 aromatic carbocycles. The van der Waals surface area contributed by atoms with E-state index >= 15 is 0 Å². The minimum Gasteiger partial charge on any atom is -0.455 e. The molecule has 3 nitrogen and oxygen atoms in total. The first-order chi connectivity index (χ1) is 23.2. The lowest BCUT2D eigenvalue weighted by molar-refractivity contribution is 0.671. The molecule has 0 atom stereocenters. The maximum absolute atomic E-state index is 10.4. The SMILES string of the molecule is N#Cc1ccc(-c2ccc(-c3cccc4c3oc3c(-c5cc(-c6ccccc6)c(C#N)c(-c6ccccc6)c5)cccc34)cc2)cc1. The van der Waals surface area contributed by atoms with E-state index < -0.39 is 0 Å². The summed E-state index contributed by atoms with van der Waals surface area (Å²) in [5.41, 5.74) is 12.9. The molecule has 0 N–H and O–H groups in total. The number of furan rings is 1. The predicted octanol–water partition coefficient (Wildman–Crippen LogP) is 11.7. The third-order valence-electron chi connectivity index (χ3n) is 8.80.